The lowest BCUT2D eigenvalue weighted by Crippen LogP contribution is -2.13. The van der Waals surface area contributed by atoms with Crippen molar-refractivity contribution in [2.24, 2.45) is 0 Å². The van der Waals surface area contributed by atoms with Crippen molar-refractivity contribution < 1.29 is 14.7 Å². The first-order valence-corrected chi connectivity index (χ1v) is 7.55. The normalized spacial score (nSPS) is 10.4. The van der Waals surface area contributed by atoms with Gasteiger partial charge < -0.3 is 10.4 Å². The molecule has 0 unspecified atom stereocenters. The zero-order valence-corrected chi connectivity index (χ0v) is 13.1. The van der Waals surface area contributed by atoms with Gasteiger partial charge in [0.25, 0.3) is 5.91 Å². The van der Waals surface area contributed by atoms with Gasteiger partial charge in [-0.15, -0.1) is 11.3 Å². The Balaban J connectivity index is 2.29. The van der Waals surface area contributed by atoms with Gasteiger partial charge in [0.15, 0.2) is 0 Å². The molecular formula is C15H14ClNO3S. The summed E-state index contributed by atoms with van der Waals surface area (Å²) in [6.45, 7) is 3.99. The number of nitrogens with one attached hydrogen (secondary N) is 1. The van der Waals surface area contributed by atoms with E-state index in [1.54, 1.807) is 6.07 Å². The average Bonchev–Trinajstić information content (AvgIpc) is 2.81. The Morgan fingerprint density at radius 1 is 1.33 bits per heavy atom. The topological polar surface area (TPSA) is 66.4 Å². The van der Waals surface area contributed by atoms with Gasteiger partial charge in [-0.05, 0) is 43.2 Å². The summed E-state index contributed by atoms with van der Waals surface area (Å²) >= 11 is 7.18. The average molecular weight is 324 g/mol. The maximum Gasteiger partial charge on any atom is 0.337 e. The summed E-state index contributed by atoms with van der Waals surface area (Å²) in [5.74, 6) is -1.45. The molecule has 4 nitrogen and oxygen atoms in total. The molecule has 0 saturated carbocycles. The van der Waals surface area contributed by atoms with Gasteiger partial charge in [-0.2, -0.15) is 0 Å². The molecule has 0 aliphatic carbocycles. The number of amides is 1. The largest absolute Gasteiger partial charge is 0.478 e. The molecule has 0 spiro atoms. The molecule has 2 rings (SSSR count). The number of carboxylic acids is 1. The number of hydrogen-bond donors (Lipinski definition) is 2. The lowest BCUT2D eigenvalue weighted by atomic mass is 10.1. The third kappa shape index (κ3) is 3.43. The molecule has 110 valence electrons. The van der Waals surface area contributed by atoms with Gasteiger partial charge in [-0.3, -0.25) is 4.79 Å². The van der Waals surface area contributed by atoms with Crippen LogP contribution in [0.5, 0.6) is 0 Å². The van der Waals surface area contributed by atoms with E-state index in [9.17, 15) is 9.59 Å². The van der Waals surface area contributed by atoms with Crippen LogP contribution < -0.4 is 5.32 Å². The Bertz CT molecular complexity index is 709. The van der Waals surface area contributed by atoms with Gasteiger partial charge in [0.1, 0.15) is 0 Å². The Morgan fingerprint density at radius 2 is 2.05 bits per heavy atom. The van der Waals surface area contributed by atoms with Crippen LogP contribution in [0, 0.1) is 6.92 Å². The number of rotatable bonds is 4. The summed E-state index contributed by atoms with van der Waals surface area (Å²) in [5, 5.41) is 12.1. The van der Waals surface area contributed by atoms with Crippen LogP contribution in [0.1, 0.15) is 37.4 Å². The lowest BCUT2D eigenvalue weighted by Gasteiger charge is -2.07. The van der Waals surface area contributed by atoms with Crippen molar-refractivity contribution in [2.75, 3.05) is 5.32 Å². The maximum atomic E-state index is 12.2. The predicted octanol–water partition coefficient (Wildman–Crippen LogP) is 4.22. The number of anilines is 1. The van der Waals surface area contributed by atoms with Crippen molar-refractivity contribution in [2.45, 2.75) is 20.3 Å². The summed E-state index contributed by atoms with van der Waals surface area (Å²) in [5.41, 5.74) is 1.33. The molecule has 0 atom stereocenters. The van der Waals surface area contributed by atoms with Gasteiger partial charge >= 0.3 is 5.97 Å². The zero-order chi connectivity index (χ0) is 15.6. The van der Waals surface area contributed by atoms with Crippen LogP contribution in [-0.2, 0) is 6.42 Å². The van der Waals surface area contributed by atoms with Crippen molar-refractivity contribution in [3.8, 4) is 0 Å². The van der Waals surface area contributed by atoms with Gasteiger partial charge in [0.2, 0.25) is 0 Å². The molecule has 0 aliphatic heterocycles. The van der Waals surface area contributed by atoms with Crippen LogP contribution in [0.25, 0.3) is 0 Å². The lowest BCUT2D eigenvalue weighted by molar-refractivity contribution is 0.0698. The Labute approximate surface area is 131 Å². The fourth-order valence-corrected chi connectivity index (χ4v) is 3.15. The second-order valence-corrected chi connectivity index (χ2v) is 6.19. The van der Waals surface area contributed by atoms with Gasteiger partial charge in [-0.25, -0.2) is 4.79 Å². The third-order valence-corrected chi connectivity index (χ3v) is 4.41. The van der Waals surface area contributed by atoms with Crippen molar-refractivity contribution >= 4 is 40.5 Å². The monoisotopic (exact) mass is 323 g/mol. The highest BCUT2D eigenvalue weighted by atomic mass is 35.5. The Morgan fingerprint density at radius 3 is 2.62 bits per heavy atom. The molecule has 0 saturated heterocycles. The van der Waals surface area contributed by atoms with Crippen LogP contribution in [0.15, 0.2) is 24.3 Å². The van der Waals surface area contributed by atoms with Crippen LogP contribution >= 0.6 is 22.9 Å². The van der Waals surface area contributed by atoms with Crippen LogP contribution in [0.4, 0.5) is 5.69 Å². The fourth-order valence-electron chi connectivity index (χ4n) is 1.97. The van der Waals surface area contributed by atoms with E-state index in [0.717, 1.165) is 16.9 Å². The first-order chi connectivity index (χ1) is 9.92. The smallest absolute Gasteiger partial charge is 0.337 e. The van der Waals surface area contributed by atoms with E-state index in [-0.39, 0.29) is 17.2 Å². The fraction of sp³-hybridized carbons (Fsp3) is 0.200. The molecule has 2 N–H and O–H groups in total. The number of thiophene rings is 1. The second-order valence-electron chi connectivity index (χ2n) is 4.49. The second kappa shape index (κ2) is 6.28. The van der Waals surface area contributed by atoms with E-state index in [0.29, 0.717) is 9.90 Å². The summed E-state index contributed by atoms with van der Waals surface area (Å²) in [4.78, 5) is 25.1. The van der Waals surface area contributed by atoms with E-state index < -0.39 is 5.97 Å². The van der Waals surface area contributed by atoms with Crippen molar-refractivity contribution in [3.05, 3.63) is 50.2 Å². The highest BCUT2D eigenvalue weighted by Gasteiger charge is 2.16. The summed E-state index contributed by atoms with van der Waals surface area (Å²) < 4.78 is 0. The standard InChI is InChI=1S/C15H14ClNO3S/c1-3-9-6-13(21-8(9)2)14(18)17-12-5-4-10(16)7-11(12)15(19)20/h4-7H,3H2,1-2H3,(H,17,18)(H,19,20). The number of hydrogen-bond acceptors (Lipinski definition) is 3. The number of carboxylic acid groups (broad SMARTS) is 1. The first-order valence-electron chi connectivity index (χ1n) is 6.36. The Kier molecular flexibility index (Phi) is 4.65. The van der Waals surface area contributed by atoms with E-state index in [1.165, 1.54) is 23.5 Å². The number of benzene rings is 1. The summed E-state index contributed by atoms with van der Waals surface area (Å²) in [6, 6.07) is 6.19. The molecule has 1 aromatic heterocycles. The molecule has 1 amide bonds. The molecule has 0 fully saturated rings. The van der Waals surface area contributed by atoms with Crippen molar-refractivity contribution in [1.82, 2.24) is 0 Å². The number of aryl methyl sites for hydroxylation is 2. The first kappa shape index (κ1) is 15.5. The third-order valence-electron chi connectivity index (χ3n) is 3.09. The minimum absolute atomic E-state index is 0.0279. The molecule has 6 heteroatoms. The number of aromatic carboxylic acids is 1. The molecule has 21 heavy (non-hydrogen) atoms. The highest BCUT2D eigenvalue weighted by Crippen LogP contribution is 2.25. The molecule has 2 aromatic rings. The van der Waals surface area contributed by atoms with Crippen molar-refractivity contribution in [1.29, 1.82) is 0 Å². The SMILES string of the molecule is CCc1cc(C(=O)Nc2ccc(Cl)cc2C(=O)O)sc1C. The van der Waals surface area contributed by atoms with E-state index in [2.05, 4.69) is 5.32 Å². The molecular weight excluding hydrogens is 310 g/mol. The minimum Gasteiger partial charge on any atom is -0.478 e. The molecule has 1 heterocycles. The molecule has 0 aliphatic rings. The van der Waals surface area contributed by atoms with Gasteiger partial charge in [0, 0.05) is 9.90 Å². The van der Waals surface area contributed by atoms with E-state index in [4.69, 9.17) is 16.7 Å². The van der Waals surface area contributed by atoms with Crippen LogP contribution in [0.3, 0.4) is 0 Å². The summed E-state index contributed by atoms with van der Waals surface area (Å²) in [7, 11) is 0. The number of carbonyl (C=O) groups excluding carboxylic acids is 1. The zero-order valence-electron chi connectivity index (χ0n) is 11.6. The minimum atomic E-state index is -1.13. The van der Waals surface area contributed by atoms with Crippen LogP contribution in [-0.4, -0.2) is 17.0 Å². The maximum absolute atomic E-state index is 12.2. The summed E-state index contributed by atoms with van der Waals surface area (Å²) in [6.07, 6.45) is 0.858. The van der Waals surface area contributed by atoms with Gasteiger partial charge in [-0.1, -0.05) is 18.5 Å². The molecule has 1 aromatic carbocycles. The number of carbonyl (C=O) groups is 2. The van der Waals surface area contributed by atoms with E-state index >= 15 is 0 Å². The van der Waals surface area contributed by atoms with E-state index in [1.807, 2.05) is 19.9 Å². The van der Waals surface area contributed by atoms with Crippen LogP contribution in [0.2, 0.25) is 5.02 Å². The quantitative estimate of drug-likeness (QED) is 0.885. The van der Waals surface area contributed by atoms with Gasteiger partial charge in [0.05, 0.1) is 16.1 Å². The molecule has 0 bridgehead atoms. The highest BCUT2D eigenvalue weighted by molar-refractivity contribution is 7.14. The number of halogens is 1. The Hall–Kier alpha value is -1.85. The predicted molar refractivity (Wildman–Crippen MR) is 84.8 cm³/mol. The molecule has 0 radical (unpaired) electrons. The van der Waals surface area contributed by atoms with Crippen molar-refractivity contribution in [3.63, 3.8) is 0 Å².